The lowest BCUT2D eigenvalue weighted by Gasteiger charge is -2.22. The summed E-state index contributed by atoms with van der Waals surface area (Å²) in [5, 5.41) is 11.6. The van der Waals surface area contributed by atoms with Gasteiger partial charge in [-0.15, -0.1) is 0 Å². The van der Waals surface area contributed by atoms with Gasteiger partial charge in [0.25, 0.3) is 0 Å². The minimum atomic E-state index is -3.40. The Morgan fingerprint density at radius 1 is 1.42 bits per heavy atom. The first-order valence-electron chi connectivity index (χ1n) is 6.24. The van der Waals surface area contributed by atoms with E-state index in [1.54, 1.807) is 0 Å². The van der Waals surface area contributed by atoms with E-state index >= 15 is 0 Å². The molecule has 7 nitrogen and oxygen atoms in total. The van der Waals surface area contributed by atoms with Crippen LogP contribution in [-0.2, 0) is 19.6 Å². The van der Waals surface area contributed by atoms with Gasteiger partial charge in [-0.05, 0) is 25.7 Å². The number of carbonyl (C=O) groups excluding carboxylic acids is 1. The molecule has 0 aromatic rings. The molecule has 2 fully saturated rings. The van der Waals surface area contributed by atoms with Crippen LogP contribution < -0.4 is 5.32 Å². The molecule has 1 amide bonds. The zero-order chi connectivity index (χ0) is 14.3. The van der Waals surface area contributed by atoms with Crippen LogP contribution in [0.1, 0.15) is 25.7 Å². The Balaban J connectivity index is 1.95. The van der Waals surface area contributed by atoms with Crippen LogP contribution >= 0.6 is 0 Å². The van der Waals surface area contributed by atoms with Gasteiger partial charge in [-0.3, -0.25) is 9.59 Å². The van der Waals surface area contributed by atoms with Crippen LogP contribution in [0.4, 0.5) is 0 Å². The molecular weight excluding hydrogens is 272 g/mol. The summed E-state index contributed by atoms with van der Waals surface area (Å²) < 4.78 is 24.2. The Labute approximate surface area is 112 Å². The Hall–Kier alpha value is -1.15. The summed E-state index contributed by atoms with van der Waals surface area (Å²) >= 11 is 0. The second-order valence-electron chi connectivity index (χ2n) is 5.34. The van der Waals surface area contributed by atoms with Crippen molar-refractivity contribution in [3.8, 4) is 0 Å². The van der Waals surface area contributed by atoms with E-state index in [0.29, 0.717) is 32.2 Å². The van der Waals surface area contributed by atoms with Crippen molar-refractivity contribution in [1.29, 1.82) is 0 Å². The lowest BCUT2D eigenvalue weighted by molar-refractivity contribution is -0.143. The van der Waals surface area contributed by atoms with Gasteiger partial charge in [0.15, 0.2) is 0 Å². The topological polar surface area (TPSA) is 104 Å². The summed E-state index contributed by atoms with van der Waals surface area (Å²) in [7, 11) is -3.40. The molecule has 0 aromatic carbocycles. The smallest absolute Gasteiger partial charge is 0.311 e. The van der Waals surface area contributed by atoms with Crippen LogP contribution in [0.3, 0.4) is 0 Å². The minimum absolute atomic E-state index is 0.0786. The second kappa shape index (κ2) is 4.75. The molecule has 0 aromatic heterocycles. The maximum atomic E-state index is 12.0. The molecule has 2 aliphatic rings. The van der Waals surface area contributed by atoms with E-state index in [2.05, 4.69) is 5.32 Å². The molecule has 0 spiro atoms. The molecule has 0 radical (unpaired) electrons. The standard InChI is InChI=1S/C11H18N2O5S/c1-19(17,18)13-6-2-3-8(13)9(14)12-7-11(4-5-11)10(15)16/h8H,2-7H2,1H3,(H,12,14)(H,15,16). The van der Waals surface area contributed by atoms with Crippen molar-refractivity contribution >= 4 is 21.9 Å². The highest BCUT2D eigenvalue weighted by Crippen LogP contribution is 2.45. The molecule has 1 saturated carbocycles. The van der Waals surface area contributed by atoms with Gasteiger partial charge in [-0.1, -0.05) is 0 Å². The van der Waals surface area contributed by atoms with Crippen LogP contribution in [0.5, 0.6) is 0 Å². The average molecular weight is 290 g/mol. The van der Waals surface area contributed by atoms with E-state index in [4.69, 9.17) is 5.11 Å². The molecule has 108 valence electrons. The molecule has 2 N–H and O–H groups in total. The van der Waals surface area contributed by atoms with Crippen LogP contribution in [0.15, 0.2) is 0 Å². The van der Waals surface area contributed by atoms with Crippen molar-refractivity contribution in [2.75, 3.05) is 19.3 Å². The van der Waals surface area contributed by atoms with E-state index in [1.807, 2.05) is 0 Å². The number of hydrogen-bond donors (Lipinski definition) is 2. The Bertz CT molecular complexity index is 497. The highest BCUT2D eigenvalue weighted by molar-refractivity contribution is 7.88. The predicted octanol–water partition coefficient (Wildman–Crippen LogP) is -0.609. The zero-order valence-corrected chi connectivity index (χ0v) is 11.6. The van der Waals surface area contributed by atoms with Gasteiger partial charge < -0.3 is 10.4 Å². The van der Waals surface area contributed by atoms with Gasteiger partial charge >= 0.3 is 5.97 Å². The number of hydrogen-bond acceptors (Lipinski definition) is 4. The molecule has 1 atom stereocenters. The third-order valence-corrected chi connectivity index (χ3v) is 5.13. The fraction of sp³-hybridized carbons (Fsp3) is 0.818. The number of amides is 1. The van der Waals surface area contributed by atoms with Gasteiger partial charge in [0.1, 0.15) is 6.04 Å². The van der Waals surface area contributed by atoms with Gasteiger partial charge in [0.05, 0.1) is 11.7 Å². The molecule has 1 unspecified atom stereocenters. The monoisotopic (exact) mass is 290 g/mol. The SMILES string of the molecule is CS(=O)(=O)N1CCCC1C(=O)NCC1(C(=O)O)CC1. The van der Waals surface area contributed by atoms with Gasteiger partial charge in [0, 0.05) is 13.1 Å². The molecule has 1 aliphatic carbocycles. The van der Waals surface area contributed by atoms with Crippen molar-refractivity contribution < 1.29 is 23.1 Å². The summed E-state index contributed by atoms with van der Waals surface area (Å²) in [6, 6.07) is -0.695. The Morgan fingerprint density at radius 3 is 2.53 bits per heavy atom. The lowest BCUT2D eigenvalue weighted by atomic mass is 10.1. The summed E-state index contributed by atoms with van der Waals surface area (Å²) in [6.45, 7) is 0.427. The van der Waals surface area contributed by atoms with E-state index < -0.39 is 33.4 Å². The van der Waals surface area contributed by atoms with Crippen LogP contribution in [0, 0.1) is 5.41 Å². The second-order valence-corrected chi connectivity index (χ2v) is 7.27. The first kappa shape index (κ1) is 14.3. The largest absolute Gasteiger partial charge is 0.481 e. The molecule has 1 aliphatic heterocycles. The van der Waals surface area contributed by atoms with Crippen molar-refractivity contribution in [1.82, 2.24) is 9.62 Å². The Kier molecular flexibility index (Phi) is 3.57. The van der Waals surface area contributed by atoms with Crippen LogP contribution in [0.25, 0.3) is 0 Å². The van der Waals surface area contributed by atoms with E-state index in [9.17, 15) is 18.0 Å². The number of nitrogens with zero attached hydrogens (tertiary/aromatic N) is 1. The summed E-state index contributed by atoms with van der Waals surface area (Å²) in [5.41, 5.74) is -0.829. The van der Waals surface area contributed by atoms with Gasteiger partial charge in [0.2, 0.25) is 15.9 Å². The van der Waals surface area contributed by atoms with Crippen molar-refractivity contribution in [2.45, 2.75) is 31.7 Å². The number of sulfonamides is 1. The molecule has 0 bridgehead atoms. The van der Waals surface area contributed by atoms with Gasteiger partial charge in [-0.25, -0.2) is 8.42 Å². The average Bonchev–Trinajstić information content (AvgIpc) is 2.92. The number of carboxylic acids is 1. The molecule has 8 heteroatoms. The maximum absolute atomic E-state index is 12.0. The van der Waals surface area contributed by atoms with Crippen molar-refractivity contribution in [3.63, 3.8) is 0 Å². The van der Waals surface area contributed by atoms with E-state index in [-0.39, 0.29) is 6.54 Å². The number of aliphatic carboxylic acids is 1. The fourth-order valence-corrected chi connectivity index (χ4v) is 3.51. The molecule has 1 saturated heterocycles. The number of carboxylic acid groups (broad SMARTS) is 1. The van der Waals surface area contributed by atoms with Crippen LogP contribution in [0.2, 0.25) is 0 Å². The zero-order valence-electron chi connectivity index (χ0n) is 10.8. The van der Waals surface area contributed by atoms with Crippen molar-refractivity contribution in [3.05, 3.63) is 0 Å². The van der Waals surface area contributed by atoms with E-state index in [1.165, 1.54) is 4.31 Å². The molecular formula is C11H18N2O5S. The fourth-order valence-electron chi connectivity index (χ4n) is 2.39. The molecule has 2 rings (SSSR count). The van der Waals surface area contributed by atoms with E-state index in [0.717, 1.165) is 6.26 Å². The third kappa shape index (κ3) is 2.89. The summed E-state index contributed by atoms with van der Waals surface area (Å²) in [5.74, 6) is -1.30. The third-order valence-electron chi connectivity index (χ3n) is 3.84. The Morgan fingerprint density at radius 2 is 2.05 bits per heavy atom. The molecule has 1 heterocycles. The minimum Gasteiger partial charge on any atom is -0.481 e. The van der Waals surface area contributed by atoms with Crippen molar-refractivity contribution in [2.24, 2.45) is 5.41 Å². The maximum Gasteiger partial charge on any atom is 0.311 e. The number of carbonyl (C=O) groups is 2. The quantitative estimate of drug-likeness (QED) is 0.703. The molecule has 19 heavy (non-hydrogen) atoms. The summed E-state index contributed by atoms with van der Waals surface area (Å²) in [4.78, 5) is 23.0. The number of rotatable bonds is 5. The first-order valence-corrected chi connectivity index (χ1v) is 8.09. The summed E-state index contributed by atoms with van der Waals surface area (Å²) in [6.07, 6.45) is 3.33. The predicted molar refractivity (Wildman–Crippen MR) is 66.9 cm³/mol. The number of nitrogens with one attached hydrogen (secondary N) is 1. The normalized spacial score (nSPS) is 26.1. The first-order chi connectivity index (χ1) is 8.76. The lowest BCUT2D eigenvalue weighted by Crippen LogP contribution is -2.47. The van der Waals surface area contributed by atoms with Crippen LogP contribution in [-0.4, -0.2) is 55.1 Å². The highest BCUT2D eigenvalue weighted by atomic mass is 32.2. The van der Waals surface area contributed by atoms with Gasteiger partial charge in [-0.2, -0.15) is 4.31 Å². The highest BCUT2D eigenvalue weighted by Gasteiger charge is 2.50.